The number of hydrogen-bond donors (Lipinski definition) is 1. The third-order valence-corrected chi connectivity index (χ3v) is 6.93. The summed E-state index contributed by atoms with van der Waals surface area (Å²) in [5.41, 5.74) is 5.34. The van der Waals surface area contributed by atoms with Crippen LogP contribution in [0.4, 0.5) is 17.5 Å². The van der Waals surface area contributed by atoms with E-state index in [0.717, 1.165) is 43.7 Å². The number of ether oxygens (including phenoxy) is 1. The van der Waals surface area contributed by atoms with E-state index in [1.807, 2.05) is 18.5 Å². The highest BCUT2D eigenvalue weighted by molar-refractivity contribution is 5.62. The van der Waals surface area contributed by atoms with E-state index >= 15 is 0 Å². The molecule has 3 heterocycles. The molecule has 1 saturated carbocycles. The van der Waals surface area contributed by atoms with E-state index in [1.165, 1.54) is 43.4 Å². The van der Waals surface area contributed by atoms with Crippen molar-refractivity contribution in [3.05, 3.63) is 47.4 Å². The highest BCUT2D eigenvalue weighted by atomic mass is 16.5. The van der Waals surface area contributed by atoms with Crippen LogP contribution in [0, 0.1) is 5.92 Å². The molecule has 0 amide bonds. The number of aromatic nitrogens is 3. The zero-order chi connectivity index (χ0) is 19.2. The summed E-state index contributed by atoms with van der Waals surface area (Å²) >= 11 is 0. The molecule has 150 valence electrons. The molecule has 2 aromatic heterocycles. The van der Waals surface area contributed by atoms with Crippen molar-refractivity contribution in [1.82, 2.24) is 15.0 Å². The number of morpholine rings is 1. The van der Waals surface area contributed by atoms with Crippen LogP contribution in [-0.2, 0) is 4.74 Å². The Kier molecular flexibility index (Phi) is 4.26. The fraction of sp³-hybridized carbons (Fsp3) is 0.522. The number of rotatable bonds is 4. The molecule has 2 atom stereocenters. The highest BCUT2D eigenvalue weighted by Gasteiger charge is 2.47. The predicted molar refractivity (Wildman–Crippen MR) is 113 cm³/mol. The largest absolute Gasteiger partial charge is 0.378 e. The minimum atomic E-state index is 0.524. The van der Waals surface area contributed by atoms with E-state index in [-0.39, 0.29) is 0 Å². The molecule has 3 aliphatic carbocycles. The van der Waals surface area contributed by atoms with Crippen LogP contribution in [0.2, 0.25) is 0 Å². The molecule has 0 bridgehead atoms. The van der Waals surface area contributed by atoms with Crippen LogP contribution in [0.1, 0.15) is 55.2 Å². The van der Waals surface area contributed by atoms with Gasteiger partial charge in [-0.15, -0.1) is 0 Å². The van der Waals surface area contributed by atoms with Crippen molar-refractivity contribution < 1.29 is 4.74 Å². The molecule has 6 rings (SSSR count). The molecule has 1 saturated heterocycles. The van der Waals surface area contributed by atoms with Crippen LogP contribution in [0.15, 0.2) is 36.2 Å². The summed E-state index contributed by atoms with van der Waals surface area (Å²) in [4.78, 5) is 16.5. The standard InChI is InChI=1S/C23H27N5O/c1-2-4-15(5-3-1)21-18-12-17(18)19-14-25-23(27-22(19)21)26-20-7-6-16(13-24-20)28-8-10-29-11-9-28/h6-7,12-15,17,21H,1-5,8-11H2,(H,24,25,26,27). The Morgan fingerprint density at radius 1 is 1.00 bits per heavy atom. The second-order valence-electron chi connectivity index (χ2n) is 8.68. The van der Waals surface area contributed by atoms with E-state index in [1.54, 1.807) is 5.57 Å². The molecule has 6 heteroatoms. The second-order valence-corrected chi connectivity index (χ2v) is 8.68. The number of allylic oxidation sites excluding steroid dienone is 2. The molecule has 1 aliphatic heterocycles. The number of nitrogens with one attached hydrogen (secondary N) is 1. The minimum Gasteiger partial charge on any atom is -0.378 e. The summed E-state index contributed by atoms with van der Waals surface area (Å²) < 4.78 is 5.43. The SMILES string of the molecule is C1=C2C1c1cnc(Nc3ccc(N4CCOCC4)cn3)nc1C2C1CCCCC1. The lowest BCUT2D eigenvalue weighted by molar-refractivity contribution is 0.122. The fourth-order valence-corrected chi connectivity index (χ4v) is 5.37. The van der Waals surface area contributed by atoms with Crippen LogP contribution in [0.3, 0.4) is 0 Å². The zero-order valence-electron chi connectivity index (χ0n) is 16.7. The van der Waals surface area contributed by atoms with Gasteiger partial charge >= 0.3 is 0 Å². The summed E-state index contributed by atoms with van der Waals surface area (Å²) in [5, 5.41) is 3.32. The van der Waals surface area contributed by atoms with Crippen molar-refractivity contribution in [2.24, 2.45) is 5.92 Å². The maximum Gasteiger partial charge on any atom is 0.228 e. The van der Waals surface area contributed by atoms with Crippen LogP contribution in [0.5, 0.6) is 0 Å². The van der Waals surface area contributed by atoms with Crippen LogP contribution in [0.25, 0.3) is 0 Å². The van der Waals surface area contributed by atoms with Gasteiger partial charge in [0.05, 0.1) is 30.8 Å². The van der Waals surface area contributed by atoms with Gasteiger partial charge in [0.2, 0.25) is 5.95 Å². The molecule has 29 heavy (non-hydrogen) atoms. The van der Waals surface area contributed by atoms with Gasteiger partial charge in [-0.25, -0.2) is 15.0 Å². The van der Waals surface area contributed by atoms with Crippen LogP contribution in [-0.4, -0.2) is 41.3 Å². The molecule has 2 unspecified atom stereocenters. The smallest absolute Gasteiger partial charge is 0.228 e. The quantitative estimate of drug-likeness (QED) is 0.793. The summed E-state index contributed by atoms with van der Waals surface area (Å²) in [6, 6.07) is 4.12. The number of fused-ring (bicyclic) bond motifs is 3. The van der Waals surface area contributed by atoms with Gasteiger partial charge in [-0.3, -0.25) is 0 Å². The third kappa shape index (κ3) is 3.19. The molecule has 2 fully saturated rings. The molecule has 2 aromatic rings. The van der Waals surface area contributed by atoms with Crippen molar-refractivity contribution in [3.8, 4) is 0 Å². The van der Waals surface area contributed by atoms with Gasteiger partial charge in [0.15, 0.2) is 0 Å². The summed E-state index contributed by atoms with van der Waals surface area (Å²) in [6.07, 6.45) is 13.2. The molecule has 4 aliphatic rings. The average Bonchev–Trinajstić information content (AvgIpc) is 3.50. The number of pyridine rings is 1. The normalized spacial score (nSPS) is 25.9. The van der Waals surface area contributed by atoms with Gasteiger partial charge in [0, 0.05) is 36.7 Å². The van der Waals surface area contributed by atoms with Gasteiger partial charge in [-0.1, -0.05) is 30.9 Å². The van der Waals surface area contributed by atoms with Gasteiger partial charge in [-0.2, -0.15) is 0 Å². The van der Waals surface area contributed by atoms with Crippen molar-refractivity contribution in [1.29, 1.82) is 0 Å². The molecule has 0 radical (unpaired) electrons. The molecule has 0 aromatic carbocycles. The molecule has 6 nitrogen and oxygen atoms in total. The maximum atomic E-state index is 5.43. The van der Waals surface area contributed by atoms with E-state index in [2.05, 4.69) is 32.3 Å². The Labute approximate surface area is 171 Å². The van der Waals surface area contributed by atoms with Crippen molar-refractivity contribution >= 4 is 17.5 Å². The third-order valence-electron chi connectivity index (χ3n) is 6.93. The molecular weight excluding hydrogens is 362 g/mol. The lowest BCUT2D eigenvalue weighted by Crippen LogP contribution is -2.36. The minimum absolute atomic E-state index is 0.524. The topological polar surface area (TPSA) is 63.2 Å². The first-order valence-corrected chi connectivity index (χ1v) is 11.0. The Morgan fingerprint density at radius 3 is 2.66 bits per heavy atom. The summed E-state index contributed by atoms with van der Waals surface area (Å²) in [5.74, 6) is 3.26. The van der Waals surface area contributed by atoms with E-state index in [0.29, 0.717) is 17.8 Å². The summed E-state index contributed by atoms with van der Waals surface area (Å²) in [6.45, 7) is 3.40. The highest BCUT2D eigenvalue weighted by Crippen LogP contribution is 2.60. The first-order chi connectivity index (χ1) is 14.4. The molecule has 0 spiro atoms. The van der Waals surface area contributed by atoms with Crippen molar-refractivity contribution in [2.45, 2.75) is 43.9 Å². The molecule has 1 N–H and O–H groups in total. The van der Waals surface area contributed by atoms with Crippen LogP contribution < -0.4 is 10.2 Å². The number of anilines is 3. The van der Waals surface area contributed by atoms with E-state index in [9.17, 15) is 0 Å². The second kappa shape index (κ2) is 7.10. The predicted octanol–water partition coefficient (Wildman–Crippen LogP) is 4.15. The molecular formula is C23H27N5O. The Morgan fingerprint density at radius 2 is 1.86 bits per heavy atom. The zero-order valence-corrected chi connectivity index (χ0v) is 16.7. The van der Waals surface area contributed by atoms with Crippen molar-refractivity contribution in [3.63, 3.8) is 0 Å². The maximum absolute atomic E-state index is 5.43. The first kappa shape index (κ1) is 17.4. The van der Waals surface area contributed by atoms with Gasteiger partial charge in [0.1, 0.15) is 5.82 Å². The van der Waals surface area contributed by atoms with E-state index < -0.39 is 0 Å². The Hall–Kier alpha value is -2.47. The van der Waals surface area contributed by atoms with Crippen molar-refractivity contribution in [2.75, 3.05) is 36.5 Å². The number of nitrogens with zero attached hydrogens (tertiary/aromatic N) is 4. The number of hydrogen-bond acceptors (Lipinski definition) is 6. The lowest BCUT2D eigenvalue weighted by atomic mass is 9.78. The Bertz CT molecular complexity index is 929. The monoisotopic (exact) mass is 389 g/mol. The average molecular weight is 390 g/mol. The fourth-order valence-electron chi connectivity index (χ4n) is 5.37. The van der Waals surface area contributed by atoms with Gasteiger partial charge in [-0.05, 0) is 30.9 Å². The Balaban J connectivity index is 1.20. The van der Waals surface area contributed by atoms with Crippen LogP contribution >= 0.6 is 0 Å². The lowest BCUT2D eigenvalue weighted by Gasteiger charge is -2.28. The summed E-state index contributed by atoms with van der Waals surface area (Å²) in [7, 11) is 0. The first-order valence-electron chi connectivity index (χ1n) is 11.0. The van der Waals surface area contributed by atoms with Gasteiger partial charge < -0.3 is 15.0 Å². The van der Waals surface area contributed by atoms with E-state index in [4.69, 9.17) is 9.72 Å². The van der Waals surface area contributed by atoms with Gasteiger partial charge in [0.25, 0.3) is 0 Å².